The van der Waals surface area contributed by atoms with Gasteiger partial charge in [0.1, 0.15) is 5.69 Å². The topological polar surface area (TPSA) is 70.7 Å². The van der Waals surface area contributed by atoms with Gasteiger partial charge in [-0.05, 0) is 18.2 Å². The zero-order valence-electron chi connectivity index (χ0n) is 9.42. The van der Waals surface area contributed by atoms with E-state index in [-0.39, 0.29) is 5.91 Å². The molecule has 0 bridgehead atoms. The van der Waals surface area contributed by atoms with E-state index in [2.05, 4.69) is 20.5 Å². The summed E-state index contributed by atoms with van der Waals surface area (Å²) >= 11 is 0. The SMILES string of the molecule is O=C(Nc1cccc2cn[nH]c12)c1ccccn1. The van der Waals surface area contributed by atoms with Crippen LogP contribution >= 0.6 is 0 Å². The van der Waals surface area contributed by atoms with Crippen LogP contribution in [0.3, 0.4) is 0 Å². The lowest BCUT2D eigenvalue weighted by Gasteiger charge is -2.05. The molecule has 5 nitrogen and oxygen atoms in total. The number of nitrogens with one attached hydrogen (secondary N) is 2. The maximum Gasteiger partial charge on any atom is 0.274 e. The Hall–Kier alpha value is -2.69. The average molecular weight is 238 g/mol. The number of H-pyrrole nitrogens is 1. The van der Waals surface area contributed by atoms with Crippen molar-refractivity contribution in [3.63, 3.8) is 0 Å². The maximum absolute atomic E-state index is 12.0. The number of carbonyl (C=O) groups is 1. The molecule has 3 aromatic rings. The van der Waals surface area contributed by atoms with Gasteiger partial charge >= 0.3 is 0 Å². The molecule has 0 saturated heterocycles. The highest BCUT2D eigenvalue weighted by atomic mass is 16.1. The van der Waals surface area contributed by atoms with Crippen LogP contribution in [0.5, 0.6) is 0 Å². The van der Waals surface area contributed by atoms with Crippen molar-refractivity contribution in [1.29, 1.82) is 0 Å². The van der Waals surface area contributed by atoms with E-state index in [1.807, 2.05) is 18.2 Å². The van der Waals surface area contributed by atoms with Gasteiger partial charge in [-0.2, -0.15) is 5.10 Å². The molecule has 1 amide bonds. The van der Waals surface area contributed by atoms with Crippen LogP contribution in [0.2, 0.25) is 0 Å². The van der Waals surface area contributed by atoms with E-state index in [4.69, 9.17) is 0 Å². The van der Waals surface area contributed by atoms with Gasteiger partial charge in [0, 0.05) is 11.6 Å². The normalized spacial score (nSPS) is 10.4. The molecular weight excluding hydrogens is 228 g/mol. The van der Waals surface area contributed by atoms with E-state index in [9.17, 15) is 4.79 Å². The number of benzene rings is 1. The highest BCUT2D eigenvalue weighted by Crippen LogP contribution is 2.20. The fraction of sp³-hybridized carbons (Fsp3) is 0. The Balaban J connectivity index is 1.93. The van der Waals surface area contributed by atoms with Crippen LogP contribution in [-0.2, 0) is 0 Å². The second-order valence-electron chi connectivity index (χ2n) is 3.81. The van der Waals surface area contributed by atoms with Crippen LogP contribution in [0.25, 0.3) is 10.9 Å². The van der Waals surface area contributed by atoms with Gasteiger partial charge in [-0.3, -0.25) is 14.9 Å². The molecule has 0 saturated carbocycles. The number of hydrogen-bond acceptors (Lipinski definition) is 3. The van der Waals surface area contributed by atoms with Crippen molar-refractivity contribution in [1.82, 2.24) is 15.2 Å². The van der Waals surface area contributed by atoms with Crippen molar-refractivity contribution < 1.29 is 4.79 Å². The summed E-state index contributed by atoms with van der Waals surface area (Å²) in [7, 11) is 0. The van der Waals surface area contributed by atoms with E-state index < -0.39 is 0 Å². The third-order valence-corrected chi connectivity index (χ3v) is 2.62. The molecule has 2 heterocycles. The Morgan fingerprint density at radius 2 is 2.11 bits per heavy atom. The lowest BCUT2D eigenvalue weighted by molar-refractivity contribution is 0.102. The van der Waals surface area contributed by atoms with E-state index in [1.165, 1.54) is 0 Å². The Labute approximate surface area is 103 Å². The van der Waals surface area contributed by atoms with Crippen molar-refractivity contribution in [3.8, 4) is 0 Å². The molecule has 2 N–H and O–H groups in total. The summed E-state index contributed by atoms with van der Waals surface area (Å²) in [4.78, 5) is 16.0. The van der Waals surface area contributed by atoms with Gasteiger partial charge in [0.25, 0.3) is 5.91 Å². The van der Waals surface area contributed by atoms with E-state index in [0.717, 1.165) is 10.9 Å². The first-order valence-corrected chi connectivity index (χ1v) is 5.49. The van der Waals surface area contributed by atoms with Gasteiger partial charge in [0.2, 0.25) is 0 Å². The number of rotatable bonds is 2. The van der Waals surface area contributed by atoms with Gasteiger partial charge in [-0.15, -0.1) is 0 Å². The van der Waals surface area contributed by atoms with Gasteiger partial charge < -0.3 is 5.32 Å². The van der Waals surface area contributed by atoms with Gasteiger partial charge in [-0.25, -0.2) is 0 Å². The summed E-state index contributed by atoms with van der Waals surface area (Å²) in [6.45, 7) is 0. The molecule has 2 aromatic heterocycles. The van der Waals surface area contributed by atoms with Crippen LogP contribution in [0.1, 0.15) is 10.5 Å². The fourth-order valence-corrected chi connectivity index (χ4v) is 1.76. The van der Waals surface area contributed by atoms with E-state index in [1.54, 1.807) is 30.6 Å². The third kappa shape index (κ3) is 1.82. The number of anilines is 1. The first-order valence-electron chi connectivity index (χ1n) is 5.49. The van der Waals surface area contributed by atoms with Crippen LogP contribution in [0.4, 0.5) is 5.69 Å². The second kappa shape index (κ2) is 4.29. The Bertz CT molecular complexity index is 690. The molecule has 18 heavy (non-hydrogen) atoms. The predicted octanol–water partition coefficient (Wildman–Crippen LogP) is 2.21. The Morgan fingerprint density at radius 3 is 2.94 bits per heavy atom. The lowest BCUT2D eigenvalue weighted by Crippen LogP contribution is -2.13. The minimum Gasteiger partial charge on any atom is -0.319 e. The van der Waals surface area contributed by atoms with Crippen molar-refractivity contribution in [2.75, 3.05) is 5.32 Å². The average Bonchev–Trinajstić information content (AvgIpc) is 2.89. The lowest BCUT2D eigenvalue weighted by atomic mass is 10.2. The minimum absolute atomic E-state index is 0.238. The van der Waals surface area contributed by atoms with Crippen LogP contribution in [0, 0.1) is 0 Å². The smallest absolute Gasteiger partial charge is 0.274 e. The molecule has 3 rings (SSSR count). The molecule has 1 aromatic carbocycles. The minimum atomic E-state index is -0.238. The zero-order valence-corrected chi connectivity index (χ0v) is 9.42. The van der Waals surface area contributed by atoms with Crippen molar-refractivity contribution >= 4 is 22.5 Å². The zero-order chi connectivity index (χ0) is 12.4. The number of pyridine rings is 1. The highest BCUT2D eigenvalue weighted by Gasteiger charge is 2.09. The van der Waals surface area contributed by atoms with Crippen molar-refractivity contribution in [2.45, 2.75) is 0 Å². The van der Waals surface area contributed by atoms with Crippen molar-refractivity contribution in [3.05, 3.63) is 54.5 Å². The molecule has 0 atom stereocenters. The summed E-state index contributed by atoms with van der Waals surface area (Å²) in [5.41, 5.74) is 1.89. The molecule has 0 unspecified atom stereocenters. The number of aromatic nitrogens is 3. The third-order valence-electron chi connectivity index (χ3n) is 2.62. The maximum atomic E-state index is 12.0. The number of fused-ring (bicyclic) bond motifs is 1. The Kier molecular flexibility index (Phi) is 2.49. The summed E-state index contributed by atoms with van der Waals surface area (Å²) in [6.07, 6.45) is 3.30. The quantitative estimate of drug-likeness (QED) is 0.719. The number of nitrogens with zero attached hydrogens (tertiary/aromatic N) is 2. The molecular formula is C13H10N4O. The molecule has 88 valence electrons. The van der Waals surface area contributed by atoms with Gasteiger partial charge in [-0.1, -0.05) is 18.2 Å². The van der Waals surface area contributed by atoms with Crippen LogP contribution in [0.15, 0.2) is 48.8 Å². The first-order chi connectivity index (χ1) is 8.84. The van der Waals surface area contributed by atoms with Crippen molar-refractivity contribution in [2.24, 2.45) is 0 Å². The Morgan fingerprint density at radius 1 is 1.17 bits per heavy atom. The predicted molar refractivity (Wildman–Crippen MR) is 68.3 cm³/mol. The monoisotopic (exact) mass is 238 g/mol. The molecule has 0 aliphatic rings. The second-order valence-corrected chi connectivity index (χ2v) is 3.81. The molecule has 5 heteroatoms. The number of amides is 1. The first kappa shape index (κ1) is 10.5. The van der Waals surface area contributed by atoms with Gasteiger partial charge in [0.15, 0.2) is 0 Å². The summed E-state index contributed by atoms with van der Waals surface area (Å²) < 4.78 is 0. The van der Waals surface area contributed by atoms with Gasteiger partial charge in [0.05, 0.1) is 17.4 Å². The van der Waals surface area contributed by atoms with Crippen LogP contribution < -0.4 is 5.32 Å². The van der Waals surface area contributed by atoms with E-state index >= 15 is 0 Å². The molecule has 0 radical (unpaired) electrons. The summed E-state index contributed by atoms with van der Waals surface area (Å²) in [6, 6.07) is 10.8. The highest BCUT2D eigenvalue weighted by molar-refractivity contribution is 6.07. The molecule has 0 aliphatic carbocycles. The number of carbonyl (C=O) groups excluding carboxylic acids is 1. The number of aromatic amines is 1. The summed E-state index contributed by atoms with van der Waals surface area (Å²) in [5.74, 6) is -0.238. The molecule has 0 spiro atoms. The molecule has 0 aliphatic heterocycles. The fourth-order valence-electron chi connectivity index (χ4n) is 1.76. The van der Waals surface area contributed by atoms with E-state index in [0.29, 0.717) is 11.4 Å². The standard InChI is InChI=1S/C13H10N4O/c18-13(11-5-1-2-7-14-11)16-10-6-3-4-9-8-15-17-12(9)10/h1-8H,(H,15,17)(H,16,18). The number of hydrogen-bond donors (Lipinski definition) is 2. The molecule has 0 fully saturated rings. The largest absolute Gasteiger partial charge is 0.319 e. The number of para-hydroxylation sites is 1. The summed E-state index contributed by atoms with van der Waals surface area (Å²) in [5, 5.41) is 10.6. The van der Waals surface area contributed by atoms with Crippen LogP contribution in [-0.4, -0.2) is 21.1 Å².